The molecule has 9 nitrogen and oxygen atoms in total. The highest BCUT2D eigenvalue weighted by Crippen LogP contribution is 2.22. The number of rotatable bonds is 9. The topological polar surface area (TPSA) is 142 Å². The Morgan fingerprint density at radius 2 is 2.03 bits per heavy atom. The molecule has 156 valence electrons. The predicted molar refractivity (Wildman–Crippen MR) is 117 cm³/mol. The Morgan fingerprint density at radius 1 is 1.27 bits per heavy atom. The van der Waals surface area contributed by atoms with E-state index in [0.29, 0.717) is 41.9 Å². The molecule has 1 amide bonds. The Hall–Kier alpha value is -3.88. The number of aromatic nitrogens is 3. The van der Waals surface area contributed by atoms with E-state index in [0.717, 1.165) is 11.3 Å². The molecule has 0 saturated heterocycles. The summed E-state index contributed by atoms with van der Waals surface area (Å²) in [5.74, 6) is 1.69. The molecule has 0 saturated carbocycles. The van der Waals surface area contributed by atoms with Crippen molar-refractivity contribution in [3.8, 4) is 17.1 Å². The molecule has 30 heavy (non-hydrogen) atoms. The Morgan fingerprint density at radius 3 is 2.73 bits per heavy atom. The Balaban J connectivity index is 1.56. The second kappa shape index (κ2) is 9.55. The van der Waals surface area contributed by atoms with Gasteiger partial charge in [0.05, 0.1) is 6.54 Å². The zero-order valence-electron chi connectivity index (χ0n) is 16.9. The molecule has 0 spiro atoms. The first-order valence-electron chi connectivity index (χ1n) is 9.56. The van der Waals surface area contributed by atoms with Crippen LogP contribution in [0.3, 0.4) is 0 Å². The number of nitrogen functional groups attached to an aromatic ring is 1. The number of anilines is 3. The number of nitrogens with one attached hydrogen (secondary N) is 4. The summed E-state index contributed by atoms with van der Waals surface area (Å²) in [4.78, 5) is 16.0. The normalized spacial score (nSPS) is 10.6. The zero-order valence-corrected chi connectivity index (χ0v) is 16.9. The average Bonchev–Trinajstić information content (AvgIpc) is 3.21. The van der Waals surface area contributed by atoms with Gasteiger partial charge in [-0.1, -0.05) is 13.8 Å². The number of carbonyl (C=O) groups is 1. The van der Waals surface area contributed by atoms with Crippen molar-refractivity contribution in [3.05, 3.63) is 48.0 Å². The van der Waals surface area contributed by atoms with E-state index in [4.69, 9.17) is 15.9 Å². The van der Waals surface area contributed by atoms with Crippen molar-refractivity contribution in [1.82, 2.24) is 20.5 Å². The minimum atomic E-state index is -0.0383. The van der Waals surface area contributed by atoms with Gasteiger partial charge in [0.2, 0.25) is 11.9 Å². The molecule has 0 fully saturated rings. The fourth-order valence-corrected chi connectivity index (χ4v) is 2.61. The first-order chi connectivity index (χ1) is 14.5. The molecule has 2 aromatic carbocycles. The number of nitrogens with zero attached hydrogens (tertiary/aromatic N) is 2. The maximum absolute atomic E-state index is 11.5. The molecule has 0 radical (unpaired) electrons. The van der Waals surface area contributed by atoms with Gasteiger partial charge in [-0.25, -0.2) is 0 Å². The fraction of sp³-hybridized carbons (Fsp3) is 0.238. The molecule has 0 bridgehead atoms. The number of hydrogen-bond acceptors (Lipinski definition) is 7. The van der Waals surface area contributed by atoms with Crippen LogP contribution >= 0.6 is 0 Å². The van der Waals surface area contributed by atoms with Crippen molar-refractivity contribution in [3.63, 3.8) is 0 Å². The highest BCUT2D eigenvalue weighted by atomic mass is 16.5. The highest BCUT2D eigenvalue weighted by molar-refractivity contribution is 5.87. The standard InChI is InChI=1S/C21H25N7O2/c1-13(2)20(29)24-9-10-30-17-6-3-14(4-7-17)19-26-21(28-27-19)25-16-5-8-18(23)15(11-16)12-22/h3-8,11-13,22H,9-10,23H2,1-2H3,(H,24,29)(H2,25,26,27,28). The average molecular weight is 407 g/mol. The van der Waals surface area contributed by atoms with E-state index >= 15 is 0 Å². The summed E-state index contributed by atoms with van der Waals surface area (Å²) in [6, 6.07) is 12.7. The lowest BCUT2D eigenvalue weighted by molar-refractivity contribution is -0.124. The van der Waals surface area contributed by atoms with Crippen LogP contribution in [-0.2, 0) is 4.79 Å². The van der Waals surface area contributed by atoms with Crippen LogP contribution in [0.1, 0.15) is 19.4 Å². The number of benzene rings is 2. The summed E-state index contributed by atoms with van der Waals surface area (Å²) in [5.41, 5.74) is 8.55. The molecule has 3 aromatic rings. The van der Waals surface area contributed by atoms with E-state index in [9.17, 15) is 4.79 Å². The molecule has 3 rings (SSSR count). The Kier molecular flexibility index (Phi) is 6.63. The van der Waals surface area contributed by atoms with Gasteiger partial charge in [-0.05, 0) is 42.5 Å². The maximum atomic E-state index is 11.5. The van der Waals surface area contributed by atoms with E-state index in [1.165, 1.54) is 6.21 Å². The molecular weight excluding hydrogens is 382 g/mol. The number of H-pyrrole nitrogens is 1. The van der Waals surface area contributed by atoms with Gasteiger partial charge >= 0.3 is 0 Å². The zero-order chi connectivity index (χ0) is 21.5. The first-order valence-corrected chi connectivity index (χ1v) is 9.56. The van der Waals surface area contributed by atoms with E-state index in [-0.39, 0.29) is 11.8 Å². The van der Waals surface area contributed by atoms with Crippen LogP contribution in [0.2, 0.25) is 0 Å². The summed E-state index contributed by atoms with van der Waals surface area (Å²) >= 11 is 0. The van der Waals surface area contributed by atoms with Crippen LogP contribution in [0.15, 0.2) is 42.5 Å². The van der Waals surface area contributed by atoms with Crippen molar-refractivity contribution in [2.45, 2.75) is 13.8 Å². The predicted octanol–water partition coefficient (Wildman–Crippen LogP) is 2.95. The lowest BCUT2D eigenvalue weighted by Crippen LogP contribution is -2.31. The minimum absolute atomic E-state index is 0.0108. The van der Waals surface area contributed by atoms with Crippen LogP contribution < -0.4 is 21.1 Å². The molecule has 1 heterocycles. The third kappa shape index (κ3) is 5.34. The number of aromatic amines is 1. The van der Waals surface area contributed by atoms with Gasteiger partial charge in [-0.3, -0.25) is 9.89 Å². The summed E-state index contributed by atoms with van der Waals surface area (Å²) < 4.78 is 5.64. The number of ether oxygens (including phenoxy) is 1. The largest absolute Gasteiger partial charge is 0.492 e. The molecule has 0 aliphatic carbocycles. The highest BCUT2D eigenvalue weighted by Gasteiger charge is 2.08. The summed E-state index contributed by atoms with van der Waals surface area (Å²) in [6.45, 7) is 4.55. The van der Waals surface area contributed by atoms with Gasteiger partial charge in [0, 0.05) is 34.6 Å². The number of hydrogen-bond donors (Lipinski definition) is 5. The molecule has 9 heteroatoms. The second-order valence-electron chi connectivity index (χ2n) is 6.94. The Bertz CT molecular complexity index is 1010. The molecule has 0 atom stereocenters. The molecule has 1 aromatic heterocycles. The van der Waals surface area contributed by atoms with Gasteiger partial charge in [-0.2, -0.15) is 4.98 Å². The van der Waals surface area contributed by atoms with E-state index in [1.807, 2.05) is 38.1 Å². The van der Waals surface area contributed by atoms with Gasteiger partial charge in [0.15, 0.2) is 5.82 Å². The lowest BCUT2D eigenvalue weighted by atomic mass is 10.2. The quantitative estimate of drug-likeness (QED) is 0.210. The van der Waals surface area contributed by atoms with Crippen molar-refractivity contribution < 1.29 is 9.53 Å². The van der Waals surface area contributed by atoms with Crippen LogP contribution in [0, 0.1) is 11.3 Å². The third-order valence-electron chi connectivity index (χ3n) is 4.31. The van der Waals surface area contributed by atoms with E-state index in [2.05, 4.69) is 25.8 Å². The van der Waals surface area contributed by atoms with Gasteiger partial charge in [0.1, 0.15) is 12.4 Å². The van der Waals surface area contributed by atoms with Crippen molar-refractivity contribution >= 4 is 29.4 Å². The van der Waals surface area contributed by atoms with Crippen LogP contribution in [0.25, 0.3) is 11.4 Å². The van der Waals surface area contributed by atoms with E-state index in [1.54, 1.807) is 18.2 Å². The van der Waals surface area contributed by atoms with E-state index < -0.39 is 0 Å². The minimum Gasteiger partial charge on any atom is -0.492 e. The third-order valence-corrected chi connectivity index (χ3v) is 4.31. The summed E-state index contributed by atoms with van der Waals surface area (Å²) in [7, 11) is 0. The summed E-state index contributed by atoms with van der Waals surface area (Å²) in [5, 5.41) is 20.3. The molecule has 0 aliphatic heterocycles. The molecular formula is C21H25N7O2. The van der Waals surface area contributed by atoms with Crippen molar-refractivity contribution in [2.75, 3.05) is 24.2 Å². The van der Waals surface area contributed by atoms with Crippen LogP contribution in [-0.4, -0.2) is 40.5 Å². The first kappa shape index (κ1) is 20.8. The number of amides is 1. The van der Waals surface area contributed by atoms with Crippen molar-refractivity contribution in [2.24, 2.45) is 5.92 Å². The SMILES string of the molecule is CC(C)C(=O)NCCOc1ccc(-c2nc(Nc3ccc(N)c(C=N)c3)n[nH]2)cc1. The number of carbonyl (C=O) groups excluding carboxylic acids is 1. The van der Waals surface area contributed by atoms with Gasteiger partial charge in [0.25, 0.3) is 0 Å². The van der Waals surface area contributed by atoms with Crippen LogP contribution in [0.4, 0.5) is 17.3 Å². The smallest absolute Gasteiger partial charge is 0.246 e. The molecule has 0 aliphatic rings. The van der Waals surface area contributed by atoms with Crippen molar-refractivity contribution in [1.29, 1.82) is 5.41 Å². The molecule has 6 N–H and O–H groups in total. The maximum Gasteiger partial charge on any atom is 0.246 e. The lowest BCUT2D eigenvalue weighted by Gasteiger charge is -2.09. The van der Waals surface area contributed by atoms with Gasteiger partial charge in [-0.15, -0.1) is 5.10 Å². The molecule has 0 unspecified atom stereocenters. The monoisotopic (exact) mass is 407 g/mol. The fourth-order valence-electron chi connectivity index (χ4n) is 2.61. The Labute approximate surface area is 174 Å². The van der Waals surface area contributed by atoms with Crippen LogP contribution in [0.5, 0.6) is 5.75 Å². The van der Waals surface area contributed by atoms with Gasteiger partial charge < -0.3 is 26.5 Å². The summed E-state index contributed by atoms with van der Waals surface area (Å²) in [6.07, 6.45) is 1.20. The number of nitrogens with two attached hydrogens (primary N) is 1. The second-order valence-corrected chi connectivity index (χ2v) is 6.94.